The fraction of sp³-hybridized carbons (Fsp3) is 0.103. The minimum absolute atomic E-state index is 0.0543. The van der Waals surface area contributed by atoms with Crippen molar-refractivity contribution in [3.63, 3.8) is 0 Å². The highest BCUT2D eigenvalue weighted by atomic mass is 35.5. The summed E-state index contributed by atoms with van der Waals surface area (Å²) in [5.41, 5.74) is 3.08. The van der Waals surface area contributed by atoms with Crippen molar-refractivity contribution in [3.05, 3.63) is 119 Å². The molecule has 0 bridgehead atoms. The van der Waals surface area contributed by atoms with Crippen LogP contribution in [0.3, 0.4) is 0 Å². The zero-order valence-corrected chi connectivity index (χ0v) is 20.4. The molecule has 0 saturated heterocycles. The summed E-state index contributed by atoms with van der Waals surface area (Å²) in [6.07, 6.45) is 0. The predicted molar refractivity (Wildman–Crippen MR) is 143 cm³/mol. The van der Waals surface area contributed by atoms with E-state index < -0.39 is 7.26 Å². The second-order valence-corrected chi connectivity index (χ2v) is 12.1. The molecule has 0 saturated carbocycles. The Balaban J connectivity index is 2.05. The summed E-state index contributed by atoms with van der Waals surface area (Å²) in [4.78, 5) is 0. The number of fused-ring (bicyclic) bond motifs is 1. The van der Waals surface area contributed by atoms with Gasteiger partial charge in [0.15, 0.2) is 0 Å². The van der Waals surface area contributed by atoms with Gasteiger partial charge in [-0.25, -0.2) is 0 Å². The standard InChI is InChI=1S/C29H26ClNOP/c1-21-29(27-19-23(30)18-22(20-32)28(27)31(21)2)33(24-12-6-3-7-13-24,25-14-8-4-9-15-25)26-16-10-5-11-17-26/h3-19,32H,20H2,1-2H3/q+1. The Hall–Kier alpha value is -2.90. The molecule has 33 heavy (non-hydrogen) atoms. The van der Waals surface area contributed by atoms with Gasteiger partial charge >= 0.3 is 0 Å². The third-order valence-electron chi connectivity index (χ3n) is 6.53. The molecule has 4 heteroatoms. The molecule has 0 radical (unpaired) electrons. The monoisotopic (exact) mass is 470 g/mol. The third-order valence-corrected chi connectivity index (χ3v) is 11.2. The van der Waals surface area contributed by atoms with Crippen molar-refractivity contribution in [2.45, 2.75) is 13.5 Å². The van der Waals surface area contributed by atoms with Gasteiger partial charge in [-0.15, -0.1) is 0 Å². The second kappa shape index (κ2) is 8.80. The van der Waals surface area contributed by atoms with Gasteiger partial charge < -0.3 is 9.67 Å². The normalized spacial score (nSPS) is 11.8. The molecule has 0 amide bonds. The SMILES string of the molecule is Cc1c([P+](c2ccccc2)(c2ccccc2)c2ccccc2)c2cc(Cl)cc(CO)c2n1C. The highest BCUT2D eigenvalue weighted by molar-refractivity contribution is 8.02. The molecular formula is C29H26ClNOP+. The first-order valence-electron chi connectivity index (χ1n) is 11.0. The molecular weight excluding hydrogens is 445 g/mol. The maximum atomic E-state index is 10.2. The van der Waals surface area contributed by atoms with Gasteiger partial charge in [0.05, 0.1) is 17.8 Å². The van der Waals surface area contributed by atoms with Gasteiger partial charge in [-0.1, -0.05) is 66.2 Å². The van der Waals surface area contributed by atoms with Crippen molar-refractivity contribution in [1.29, 1.82) is 0 Å². The molecule has 1 N–H and O–H groups in total. The summed E-state index contributed by atoms with van der Waals surface area (Å²) in [6, 6.07) is 36.5. The molecule has 5 rings (SSSR count). The molecule has 0 fully saturated rings. The fourth-order valence-electron chi connectivity index (χ4n) is 5.09. The van der Waals surface area contributed by atoms with E-state index >= 15 is 0 Å². The third kappa shape index (κ3) is 3.42. The van der Waals surface area contributed by atoms with Gasteiger partial charge in [0.1, 0.15) is 28.5 Å². The second-order valence-electron chi connectivity index (χ2n) is 8.29. The van der Waals surface area contributed by atoms with Crippen LogP contribution in [0.25, 0.3) is 10.9 Å². The molecule has 0 atom stereocenters. The van der Waals surface area contributed by atoms with E-state index in [0.29, 0.717) is 5.02 Å². The lowest BCUT2D eigenvalue weighted by Crippen LogP contribution is -2.39. The minimum atomic E-state index is -2.28. The van der Waals surface area contributed by atoms with Crippen LogP contribution in [-0.2, 0) is 13.7 Å². The topological polar surface area (TPSA) is 25.2 Å². The predicted octanol–water partition coefficient (Wildman–Crippen LogP) is 5.25. The number of hydrogen-bond acceptors (Lipinski definition) is 1. The van der Waals surface area contributed by atoms with E-state index in [2.05, 4.69) is 116 Å². The van der Waals surface area contributed by atoms with Crippen LogP contribution < -0.4 is 21.2 Å². The summed E-state index contributed by atoms with van der Waals surface area (Å²) in [7, 11) is -0.192. The van der Waals surface area contributed by atoms with Crippen LogP contribution in [0, 0.1) is 6.92 Å². The zero-order chi connectivity index (χ0) is 23.0. The van der Waals surface area contributed by atoms with Crippen molar-refractivity contribution in [2.75, 3.05) is 0 Å². The largest absolute Gasteiger partial charge is 0.392 e. The summed E-state index contributed by atoms with van der Waals surface area (Å²) in [5, 5.41) is 17.1. The summed E-state index contributed by atoms with van der Waals surface area (Å²) < 4.78 is 2.22. The number of aliphatic hydroxyl groups excluding tert-OH is 1. The fourth-order valence-corrected chi connectivity index (χ4v) is 10.0. The number of aliphatic hydroxyl groups is 1. The Bertz CT molecular complexity index is 1320. The first-order valence-corrected chi connectivity index (χ1v) is 13.2. The van der Waals surface area contributed by atoms with Gasteiger partial charge in [-0.05, 0) is 55.5 Å². The Labute approximate surface area is 200 Å². The van der Waals surface area contributed by atoms with E-state index in [-0.39, 0.29) is 6.61 Å². The lowest BCUT2D eigenvalue weighted by molar-refractivity contribution is 0.283. The van der Waals surface area contributed by atoms with Gasteiger partial charge in [0.2, 0.25) is 0 Å². The molecule has 1 aromatic heterocycles. The number of halogens is 1. The molecule has 0 unspecified atom stereocenters. The van der Waals surface area contributed by atoms with Crippen LogP contribution in [0.15, 0.2) is 103 Å². The van der Waals surface area contributed by atoms with Gasteiger partial charge in [0, 0.05) is 23.0 Å². The van der Waals surface area contributed by atoms with Crippen LogP contribution >= 0.6 is 18.9 Å². The molecule has 0 spiro atoms. The number of benzene rings is 4. The number of rotatable bonds is 5. The highest BCUT2D eigenvalue weighted by Crippen LogP contribution is 2.56. The molecule has 0 aliphatic heterocycles. The van der Waals surface area contributed by atoms with E-state index in [4.69, 9.17) is 11.6 Å². The number of nitrogens with zero attached hydrogens (tertiary/aromatic N) is 1. The van der Waals surface area contributed by atoms with Crippen molar-refractivity contribution in [1.82, 2.24) is 4.57 Å². The van der Waals surface area contributed by atoms with E-state index in [1.54, 1.807) is 0 Å². The Morgan fingerprint density at radius 1 is 0.758 bits per heavy atom. The summed E-state index contributed by atoms with van der Waals surface area (Å²) in [5.74, 6) is 0. The van der Waals surface area contributed by atoms with Crippen LogP contribution in [0.1, 0.15) is 11.3 Å². The molecule has 0 aliphatic carbocycles. The maximum Gasteiger partial charge on any atom is 0.146 e. The first kappa shape index (κ1) is 21.9. The van der Waals surface area contributed by atoms with Crippen molar-refractivity contribution in [3.8, 4) is 0 Å². The van der Waals surface area contributed by atoms with Gasteiger partial charge in [0.25, 0.3) is 0 Å². The van der Waals surface area contributed by atoms with Crippen LogP contribution in [-0.4, -0.2) is 9.67 Å². The van der Waals surface area contributed by atoms with E-state index in [9.17, 15) is 5.11 Å². The average Bonchev–Trinajstić information content (AvgIpc) is 3.11. The molecule has 2 nitrogen and oxygen atoms in total. The number of aromatic nitrogens is 1. The van der Waals surface area contributed by atoms with Crippen LogP contribution in [0.5, 0.6) is 0 Å². The lowest BCUT2D eigenvalue weighted by Gasteiger charge is -2.28. The molecule has 0 aliphatic rings. The van der Waals surface area contributed by atoms with Gasteiger partial charge in [-0.2, -0.15) is 0 Å². The quantitative estimate of drug-likeness (QED) is 0.349. The Kier molecular flexibility index (Phi) is 5.85. The minimum Gasteiger partial charge on any atom is -0.392 e. The number of hydrogen-bond donors (Lipinski definition) is 1. The molecule has 4 aromatic carbocycles. The van der Waals surface area contributed by atoms with Crippen molar-refractivity contribution in [2.24, 2.45) is 7.05 Å². The maximum absolute atomic E-state index is 10.2. The average molecular weight is 471 g/mol. The smallest absolute Gasteiger partial charge is 0.146 e. The molecule has 1 heterocycles. The van der Waals surface area contributed by atoms with Gasteiger partial charge in [-0.3, -0.25) is 0 Å². The van der Waals surface area contributed by atoms with Crippen molar-refractivity contribution >= 4 is 51.0 Å². The van der Waals surface area contributed by atoms with E-state index in [1.165, 1.54) is 26.9 Å². The number of aryl methyl sites for hydroxylation is 1. The molecule has 5 aromatic rings. The van der Waals surface area contributed by atoms with Crippen LogP contribution in [0.2, 0.25) is 5.02 Å². The summed E-state index contributed by atoms with van der Waals surface area (Å²) >= 11 is 6.62. The summed E-state index contributed by atoms with van der Waals surface area (Å²) in [6.45, 7) is 2.13. The molecule has 164 valence electrons. The first-order chi connectivity index (χ1) is 16.1. The Morgan fingerprint density at radius 3 is 1.64 bits per heavy atom. The Morgan fingerprint density at radius 2 is 1.21 bits per heavy atom. The van der Waals surface area contributed by atoms with Crippen LogP contribution in [0.4, 0.5) is 0 Å². The van der Waals surface area contributed by atoms with E-state index in [0.717, 1.165) is 16.5 Å². The van der Waals surface area contributed by atoms with Crippen molar-refractivity contribution < 1.29 is 5.11 Å². The zero-order valence-electron chi connectivity index (χ0n) is 18.7. The lowest BCUT2D eigenvalue weighted by atomic mass is 10.1. The highest BCUT2D eigenvalue weighted by Gasteiger charge is 2.51. The van der Waals surface area contributed by atoms with E-state index in [1.807, 2.05) is 6.07 Å².